The summed E-state index contributed by atoms with van der Waals surface area (Å²) in [5.41, 5.74) is 7.20. The van der Waals surface area contributed by atoms with Crippen molar-refractivity contribution in [2.45, 2.75) is 6.04 Å². The van der Waals surface area contributed by atoms with Crippen LogP contribution >= 0.6 is 11.3 Å². The predicted octanol–water partition coefficient (Wildman–Crippen LogP) is 2.58. The number of thiophene rings is 1. The average Bonchev–Trinajstić information content (AvgIpc) is 3.10. The van der Waals surface area contributed by atoms with E-state index >= 15 is 0 Å². The Morgan fingerprint density at radius 2 is 1.91 bits per heavy atom. The SMILES string of the molecule is COc1ccccc1N1CCN(C(CN)c2cccs2)CC1. The molecule has 0 saturated carbocycles. The van der Waals surface area contributed by atoms with Gasteiger partial charge in [-0.15, -0.1) is 11.3 Å². The van der Waals surface area contributed by atoms with E-state index in [0.29, 0.717) is 12.6 Å². The molecule has 0 aliphatic carbocycles. The Hall–Kier alpha value is -1.56. The summed E-state index contributed by atoms with van der Waals surface area (Å²) in [5, 5.41) is 2.13. The molecule has 0 bridgehead atoms. The van der Waals surface area contributed by atoms with Crippen LogP contribution in [0.1, 0.15) is 10.9 Å². The maximum absolute atomic E-state index is 6.02. The van der Waals surface area contributed by atoms with Crippen LogP contribution < -0.4 is 15.4 Å². The molecule has 1 aromatic carbocycles. The van der Waals surface area contributed by atoms with Crippen LogP contribution in [-0.2, 0) is 0 Å². The van der Waals surface area contributed by atoms with Crippen LogP contribution in [0.5, 0.6) is 5.75 Å². The van der Waals surface area contributed by atoms with Crippen molar-refractivity contribution < 1.29 is 4.74 Å². The van der Waals surface area contributed by atoms with Crippen molar-refractivity contribution in [2.75, 3.05) is 44.7 Å². The fourth-order valence-electron chi connectivity index (χ4n) is 3.09. The van der Waals surface area contributed by atoms with Gasteiger partial charge in [0.05, 0.1) is 18.8 Å². The Morgan fingerprint density at radius 3 is 2.55 bits per heavy atom. The summed E-state index contributed by atoms with van der Waals surface area (Å²) in [6, 6.07) is 12.9. The van der Waals surface area contributed by atoms with E-state index < -0.39 is 0 Å². The quantitative estimate of drug-likeness (QED) is 0.920. The monoisotopic (exact) mass is 317 g/mol. The number of para-hydroxylation sites is 2. The molecule has 2 heterocycles. The molecule has 1 fully saturated rings. The van der Waals surface area contributed by atoms with Gasteiger partial charge in [-0.25, -0.2) is 0 Å². The van der Waals surface area contributed by atoms with E-state index in [-0.39, 0.29) is 0 Å². The topological polar surface area (TPSA) is 41.7 Å². The van der Waals surface area contributed by atoms with Crippen LogP contribution in [0.25, 0.3) is 0 Å². The van der Waals surface area contributed by atoms with Crippen molar-refractivity contribution in [1.29, 1.82) is 0 Å². The fourth-order valence-corrected chi connectivity index (χ4v) is 3.97. The third kappa shape index (κ3) is 3.11. The highest BCUT2D eigenvalue weighted by Crippen LogP contribution is 2.30. The van der Waals surface area contributed by atoms with Gasteiger partial charge in [0, 0.05) is 37.6 Å². The van der Waals surface area contributed by atoms with Crippen molar-refractivity contribution >= 4 is 17.0 Å². The second-order valence-corrected chi connectivity index (χ2v) is 6.44. The lowest BCUT2D eigenvalue weighted by Gasteiger charge is -2.40. The number of rotatable bonds is 5. The summed E-state index contributed by atoms with van der Waals surface area (Å²) in [7, 11) is 1.73. The van der Waals surface area contributed by atoms with Gasteiger partial charge in [0.1, 0.15) is 5.75 Å². The van der Waals surface area contributed by atoms with Gasteiger partial charge in [0.2, 0.25) is 0 Å². The largest absolute Gasteiger partial charge is 0.495 e. The minimum atomic E-state index is 0.347. The second kappa shape index (κ2) is 7.13. The number of hydrogen-bond donors (Lipinski definition) is 1. The lowest BCUT2D eigenvalue weighted by molar-refractivity contribution is 0.192. The van der Waals surface area contributed by atoms with E-state index in [1.165, 1.54) is 10.6 Å². The average molecular weight is 317 g/mol. The Labute approximate surface area is 136 Å². The first kappa shape index (κ1) is 15.3. The van der Waals surface area contributed by atoms with E-state index in [1.54, 1.807) is 18.4 Å². The third-order valence-electron chi connectivity index (χ3n) is 4.28. The molecule has 1 aliphatic rings. The van der Waals surface area contributed by atoms with E-state index in [1.807, 2.05) is 12.1 Å². The van der Waals surface area contributed by atoms with Gasteiger partial charge in [0.25, 0.3) is 0 Å². The van der Waals surface area contributed by atoms with Crippen molar-refractivity contribution in [3.8, 4) is 5.75 Å². The summed E-state index contributed by atoms with van der Waals surface area (Å²) in [5.74, 6) is 0.949. The number of methoxy groups -OCH3 is 1. The molecule has 1 atom stereocenters. The minimum Gasteiger partial charge on any atom is -0.495 e. The number of piperazine rings is 1. The van der Waals surface area contributed by atoms with Gasteiger partial charge in [-0.3, -0.25) is 4.90 Å². The molecular formula is C17H23N3OS. The standard InChI is InChI=1S/C17H23N3OS/c1-21-16-6-3-2-5-14(16)19-8-10-20(11-9-19)15(13-18)17-7-4-12-22-17/h2-7,12,15H,8-11,13,18H2,1H3. The first-order valence-electron chi connectivity index (χ1n) is 7.69. The first-order chi connectivity index (χ1) is 10.8. The zero-order valence-electron chi connectivity index (χ0n) is 12.9. The summed E-state index contributed by atoms with van der Waals surface area (Å²) in [4.78, 5) is 6.27. The lowest BCUT2D eigenvalue weighted by atomic mass is 10.1. The van der Waals surface area contributed by atoms with Crippen molar-refractivity contribution in [1.82, 2.24) is 4.90 Å². The van der Waals surface area contributed by atoms with Crippen molar-refractivity contribution in [2.24, 2.45) is 5.73 Å². The smallest absolute Gasteiger partial charge is 0.142 e. The van der Waals surface area contributed by atoms with E-state index in [0.717, 1.165) is 31.9 Å². The molecule has 1 aliphatic heterocycles. The van der Waals surface area contributed by atoms with E-state index in [4.69, 9.17) is 10.5 Å². The fraction of sp³-hybridized carbons (Fsp3) is 0.412. The molecule has 22 heavy (non-hydrogen) atoms. The van der Waals surface area contributed by atoms with Crippen LogP contribution in [0, 0.1) is 0 Å². The molecule has 1 aromatic heterocycles. The van der Waals surface area contributed by atoms with Gasteiger partial charge in [-0.05, 0) is 23.6 Å². The first-order valence-corrected chi connectivity index (χ1v) is 8.57. The number of nitrogens with zero attached hydrogens (tertiary/aromatic N) is 2. The van der Waals surface area contributed by atoms with Crippen LogP contribution in [0.3, 0.4) is 0 Å². The highest BCUT2D eigenvalue weighted by Gasteiger charge is 2.25. The van der Waals surface area contributed by atoms with Crippen LogP contribution in [0.4, 0.5) is 5.69 Å². The summed E-state index contributed by atoms with van der Waals surface area (Å²) >= 11 is 1.80. The zero-order valence-corrected chi connectivity index (χ0v) is 13.8. The Balaban J connectivity index is 1.67. The molecule has 0 spiro atoms. The van der Waals surface area contributed by atoms with Gasteiger partial charge in [0.15, 0.2) is 0 Å². The minimum absolute atomic E-state index is 0.347. The van der Waals surface area contributed by atoms with Gasteiger partial charge in [-0.2, -0.15) is 0 Å². The summed E-state index contributed by atoms with van der Waals surface area (Å²) < 4.78 is 5.48. The molecule has 1 unspecified atom stereocenters. The Bertz CT molecular complexity index is 579. The van der Waals surface area contributed by atoms with Crippen LogP contribution in [-0.4, -0.2) is 44.7 Å². The summed E-state index contributed by atoms with van der Waals surface area (Å²) in [6.07, 6.45) is 0. The molecule has 1 saturated heterocycles. The molecule has 5 heteroatoms. The second-order valence-electron chi connectivity index (χ2n) is 5.46. The maximum Gasteiger partial charge on any atom is 0.142 e. The highest BCUT2D eigenvalue weighted by atomic mass is 32.1. The molecule has 0 radical (unpaired) electrons. The summed E-state index contributed by atoms with van der Waals surface area (Å²) in [6.45, 7) is 4.73. The number of benzene rings is 1. The van der Waals surface area contributed by atoms with Crippen LogP contribution in [0.15, 0.2) is 41.8 Å². The molecule has 4 nitrogen and oxygen atoms in total. The third-order valence-corrected chi connectivity index (χ3v) is 5.25. The van der Waals surface area contributed by atoms with Gasteiger partial charge < -0.3 is 15.4 Å². The highest BCUT2D eigenvalue weighted by molar-refractivity contribution is 7.10. The predicted molar refractivity (Wildman–Crippen MR) is 92.9 cm³/mol. The number of anilines is 1. The van der Waals surface area contributed by atoms with Gasteiger partial charge in [-0.1, -0.05) is 18.2 Å². The van der Waals surface area contributed by atoms with Gasteiger partial charge >= 0.3 is 0 Å². The zero-order chi connectivity index (χ0) is 15.4. The molecule has 3 rings (SSSR count). The number of ether oxygens (including phenoxy) is 1. The van der Waals surface area contributed by atoms with Crippen molar-refractivity contribution in [3.05, 3.63) is 46.7 Å². The van der Waals surface area contributed by atoms with E-state index in [2.05, 4.69) is 39.4 Å². The van der Waals surface area contributed by atoms with Crippen LogP contribution in [0.2, 0.25) is 0 Å². The molecule has 2 aromatic rings. The molecule has 0 amide bonds. The van der Waals surface area contributed by atoms with Crippen molar-refractivity contribution in [3.63, 3.8) is 0 Å². The number of hydrogen-bond acceptors (Lipinski definition) is 5. The molecular weight excluding hydrogens is 294 g/mol. The normalized spacial score (nSPS) is 17.5. The number of nitrogens with two attached hydrogens (primary N) is 1. The lowest BCUT2D eigenvalue weighted by Crippen LogP contribution is -2.49. The molecule has 118 valence electrons. The van der Waals surface area contributed by atoms with E-state index in [9.17, 15) is 0 Å². The molecule has 2 N–H and O–H groups in total. The Kier molecular flexibility index (Phi) is 4.97. The Morgan fingerprint density at radius 1 is 1.14 bits per heavy atom. The maximum atomic E-state index is 6.02.